The van der Waals surface area contributed by atoms with Gasteiger partial charge in [0.05, 0.1) is 12.0 Å². The van der Waals surface area contributed by atoms with Crippen LogP contribution in [0.3, 0.4) is 0 Å². The molecule has 0 aromatic carbocycles. The molecule has 1 N–H and O–H groups in total. The molecule has 3 rings (SSSR count). The first-order chi connectivity index (χ1) is 8.27. The first-order valence-corrected chi connectivity index (χ1v) is 6.60. The van der Waals surface area contributed by atoms with Gasteiger partial charge in [-0.3, -0.25) is 4.79 Å². The predicted molar refractivity (Wildman–Crippen MR) is 62.4 cm³/mol. The van der Waals surface area contributed by atoms with Crippen molar-refractivity contribution >= 4 is 11.9 Å². The minimum atomic E-state index is 0.0373. The van der Waals surface area contributed by atoms with E-state index in [4.69, 9.17) is 0 Å². The number of amides is 3. The fourth-order valence-electron chi connectivity index (χ4n) is 3.28. The summed E-state index contributed by atoms with van der Waals surface area (Å²) in [7, 11) is 0. The van der Waals surface area contributed by atoms with Crippen LogP contribution in [0.15, 0.2) is 0 Å². The number of rotatable bonds is 0. The van der Waals surface area contributed by atoms with E-state index in [1.54, 1.807) is 0 Å². The Hall–Kier alpha value is -1.26. The van der Waals surface area contributed by atoms with E-state index in [0.717, 1.165) is 45.3 Å². The molecule has 3 aliphatic rings. The van der Waals surface area contributed by atoms with Crippen molar-refractivity contribution in [1.29, 1.82) is 0 Å². The minimum Gasteiger partial charge on any atom is -0.354 e. The standard InChI is InChI=1S/C12H19N3O2/c16-11-9-4-3-7-15(10(9)8-13-11)12(17)14-5-1-2-6-14/h9-10H,1-8H2,(H,13,16). The van der Waals surface area contributed by atoms with Gasteiger partial charge in [0, 0.05) is 26.2 Å². The van der Waals surface area contributed by atoms with Crippen molar-refractivity contribution < 1.29 is 9.59 Å². The molecule has 3 fully saturated rings. The maximum absolute atomic E-state index is 12.4. The Balaban J connectivity index is 1.73. The molecule has 17 heavy (non-hydrogen) atoms. The topological polar surface area (TPSA) is 52.7 Å². The molecule has 3 amide bonds. The summed E-state index contributed by atoms with van der Waals surface area (Å²) >= 11 is 0. The lowest BCUT2D eigenvalue weighted by molar-refractivity contribution is -0.123. The van der Waals surface area contributed by atoms with Crippen LogP contribution in [0.1, 0.15) is 25.7 Å². The van der Waals surface area contributed by atoms with Crippen molar-refractivity contribution in [2.75, 3.05) is 26.2 Å². The molecule has 3 saturated heterocycles. The Morgan fingerprint density at radius 1 is 1.18 bits per heavy atom. The van der Waals surface area contributed by atoms with E-state index in [0.29, 0.717) is 6.54 Å². The maximum Gasteiger partial charge on any atom is 0.320 e. The summed E-state index contributed by atoms with van der Waals surface area (Å²) in [6, 6.07) is 0.248. The Morgan fingerprint density at radius 2 is 1.94 bits per heavy atom. The summed E-state index contributed by atoms with van der Waals surface area (Å²) in [5.41, 5.74) is 0. The van der Waals surface area contributed by atoms with Crippen molar-refractivity contribution in [3.8, 4) is 0 Å². The second-order valence-corrected chi connectivity index (χ2v) is 5.23. The van der Waals surface area contributed by atoms with E-state index in [1.165, 1.54) is 0 Å². The highest BCUT2D eigenvalue weighted by molar-refractivity contribution is 5.84. The van der Waals surface area contributed by atoms with E-state index >= 15 is 0 Å². The number of carbonyl (C=O) groups is 2. The van der Waals surface area contributed by atoms with Gasteiger partial charge in [0.25, 0.3) is 0 Å². The molecule has 2 unspecified atom stereocenters. The summed E-state index contributed by atoms with van der Waals surface area (Å²) in [6.07, 6.45) is 4.12. The zero-order valence-electron chi connectivity index (χ0n) is 10.0. The van der Waals surface area contributed by atoms with Crippen molar-refractivity contribution in [2.45, 2.75) is 31.7 Å². The van der Waals surface area contributed by atoms with E-state index in [-0.39, 0.29) is 23.9 Å². The first kappa shape index (κ1) is 10.9. The third kappa shape index (κ3) is 1.77. The molecule has 0 aromatic heterocycles. The van der Waals surface area contributed by atoms with E-state index in [2.05, 4.69) is 5.32 Å². The maximum atomic E-state index is 12.4. The normalized spacial score (nSPS) is 32.6. The highest BCUT2D eigenvalue weighted by Gasteiger charge is 2.43. The SMILES string of the molecule is O=C1NCC2C1CCCN2C(=O)N1CCCC1. The lowest BCUT2D eigenvalue weighted by atomic mass is 9.92. The number of urea groups is 1. The van der Waals surface area contributed by atoms with Crippen molar-refractivity contribution in [2.24, 2.45) is 5.92 Å². The number of piperidine rings is 1. The molecule has 94 valence electrons. The third-order valence-corrected chi connectivity index (χ3v) is 4.22. The van der Waals surface area contributed by atoms with Crippen LogP contribution in [0.25, 0.3) is 0 Å². The van der Waals surface area contributed by atoms with Gasteiger partial charge in [0.2, 0.25) is 5.91 Å². The zero-order chi connectivity index (χ0) is 11.8. The highest BCUT2D eigenvalue weighted by atomic mass is 16.2. The van der Waals surface area contributed by atoms with Crippen LogP contribution < -0.4 is 5.32 Å². The number of nitrogens with one attached hydrogen (secondary N) is 1. The van der Waals surface area contributed by atoms with Gasteiger partial charge in [-0.05, 0) is 25.7 Å². The highest BCUT2D eigenvalue weighted by Crippen LogP contribution is 2.28. The number of hydrogen-bond acceptors (Lipinski definition) is 2. The molecule has 0 radical (unpaired) electrons. The Kier molecular flexibility index (Phi) is 2.68. The predicted octanol–water partition coefficient (Wildman–Crippen LogP) is 0.413. The van der Waals surface area contributed by atoms with Crippen molar-refractivity contribution in [3.05, 3.63) is 0 Å². The second kappa shape index (κ2) is 4.20. The molecule has 3 heterocycles. The smallest absolute Gasteiger partial charge is 0.320 e. The average molecular weight is 237 g/mol. The molecule has 2 atom stereocenters. The van der Waals surface area contributed by atoms with Gasteiger partial charge < -0.3 is 15.1 Å². The quantitative estimate of drug-likeness (QED) is 0.663. The lowest BCUT2D eigenvalue weighted by Crippen LogP contribution is -2.53. The average Bonchev–Trinajstić information content (AvgIpc) is 2.98. The van der Waals surface area contributed by atoms with Gasteiger partial charge in [-0.1, -0.05) is 0 Å². The zero-order valence-corrected chi connectivity index (χ0v) is 10.0. The Morgan fingerprint density at radius 3 is 2.71 bits per heavy atom. The molecular formula is C12H19N3O2. The Bertz CT molecular complexity index is 339. The largest absolute Gasteiger partial charge is 0.354 e. The van der Waals surface area contributed by atoms with E-state index in [9.17, 15) is 9.59 Å². The van der Waals surface area contributed by atoms with Gasteiger partial charge in [-0.2, -0.15) is 0 Å². The second-order valence-electron chi connectivity index (χ2n) is 5.23. The number of fused-ring (bicyclic) bond motifs is 1. The van der Waals surface area contributed by atoms with Crippen molar-refractivity contribution in [3.63, 3.8) is 0 Å². The van der Waals surface area contributed by atoms with Gasteiger partial charge in [-0.15, -0.1) is 0 Å². The van der Waals surface area contributed by atoms with Gasteiger partial charge >= 0.3 is 6.03 Å². The number of nitrogens with zero attached hydrogens (tertiary/aromatic N) is 2. The van der Waals surface area contributed by atoms with Crippen LogP contribution >= 0.6 is 0 Å². The first-order valence-electron chi connectivity index (χ1n) is 6.60. The third-order valence-electron chi connectivity index (χ3n) is 4.22. The van der Waals surface area contributed by atoms with Gasteiger partial charge in [-0.25, -0.2) is 4.79 Å². The fraction of sp³-hybridized carbons (Fsp3) is 0.833. The molecule has 3 aliphatic heterocycles. The monoisotopic (exact) mass is 237 g/mol. The molecule has 5 heteroatoms. The van der Waals surface area contributed by atoms with E-state index in [1.807, 2.05) is 9.80 Å². The fourth-order valence-corrected chi connectivity index (χ4v) is 3.28. The molecule has 0 aromatic rings. The number of hydrogen-bond donors (Lipinski definition) is 1. The van der Waals surface area contributed by atoms with Gasteiger partial charge in [0.15, 0.2) is 0 Å². The summed E-state index contributed by atoms with van der Waals surface area (Å²) in [4.78, 5) is 27.9. The molecule has 0 spiro atoms. The molecule has 0 saturated carbocycles. The minimum absolute atomic E-state index is 0.0373. The van der Waals surface area contributed by atoms with Crippen LogP contribution in [0.4, 0.5) is 4.79 Å². The lowest BCUT2D eigenvalue weighted by Gasteiger charge is -2.38. The van der Waals surface area contributed by atoms with Crippen LogP contribution in [-0.2, 0) is 4.79 Å². The summed E-state index contributed by atoms with van der Waals surface area (Å²) in [5.74, 6) is 0.171. The van der Waals surface area contributed by atoms with Crippen LogP contribution in [0, 0.1) is 5.92 Å². The van der Waals surface area contributed by atoms with Crippen molar-refractivity contribution in [1.82, 2.24) is 15.1 Å². The molecule has 0 aliphatic carbocycles. The van der Waals surface area contributed by atoms with Crippen LogP contribution in [0.5, 0.6) is 0 Å². The van der Waals surface area contributed by atoms with Crippen LogP contribution in [0.2, 0.25) is 0 Å². The number of likely N-dealkylation sites (tertiary alicyclic amines) is 2. The summed E-state index contributed by atoms with van der Waals surface area (Å²) in [6.45, 7) is 3.22. The van der Waals surface area contributed by atoms with Gasteiger partial charge in [0.1, 0.15) is 0 Å². The number of carbonyl (C=O) groups excluding carboxylic acids is 2. The molecular weight excluding hydrogens is 218 g/mol. The van der Waals surface area contributed by atoms with E-state index < -0.39 is 0 Å². The van der Waals surface area contributed by atoms with Crippen LogP contribution in [-0.4, -0.2) is 54.0 Å². The summed E-state index contributed by atoms with van der Waals surface area (Å²) in [5, 5.41) is 2.89. The Labute approximate surface area is 101 Å². The molecule has 5 nitrogen and oxygen atoms in total. The molecule has 0 bridgehead atoms. The summed E-state index contributed by atoms with van der Waals surface area (Å²) < 4.78 is 0.